The SMILES string of the molecule is COc1ccc(C(CC(=O)O)NC(=O)c2ccccc2OC)cc1. The molecule has 6 nitrogen and oxygen atoms in total. The van der Waals surface area contributed by atoms with E-state index in [1.165, 1.54) is 7.11 Å². The lowest BCUT2D eigenvalue weighted by Gasteiger charge is -2.18. The van der Waals surface area contributed by atoms with Crippen molar-refractivity contribution >= 4 is 11.9 Å². The molecule has 0 radical (unpaired) electrons. The van der Waals surface area contributed by atoms with Gasteiger partial charge >= 0.3 is 5.97 Å². The van der Waals surface area contributed by atoms with Gasteiger partial charge < -0.3 is 19.9 Å². The Labute approximate surface area is 140 Å². The minimum atomic E-state index is -1.00. The summed E-state index contributed by atoms with van der Waals surface area (Å²) in [6.45, 7) is 0. The molecule has 0 heterocycles. The van der Waals surface area contributed by atoms with Crippen LogP contribution in [0.15, 0.2) is 48.5 Å². The molecule has 0 saturated heterocycles. The molecule has 2 rings (SSSR count). The maximum atomic E-state index is 12.5. The molecular formula is C18H19NO5. The van der Waals surface area contributed by atoms with Gasteiger partial charge in [-0.25, -0.2) is 0 Å². The molecule has 0 aliphatic heterocycles. The molecule has 1 atom stereocenters. The largest absolute Gasteiger partial charge is 0.497 e. The Balaban J connectivity index is 2.24. The van der Waals surface area contributed by atoms with Crippen LogP contribution < -0.4 is 14.8 Å². The molecule has 0 fully saturated rings. The molecule has 2 N–H and O–H groups in total. The Morgan fingerprint density at radius 1 is 1.04 bits per heavy atom. The first kappa shape index (κ1) is 17.3. The van der Waals surface area contributed by atoms with Crippen LogP contribution in [0.25, 0.3) is 0 Å². The van der Waals surface area contributed by atoms with Gasteiger partial charge in [0, 0.05) is 0 Å². The summed E-state index contributed by atoms with van der Waals surface area (Å²) in [5.74, 6) is -0.312. The van der Waals surface area contributed by atoms with Crippen LogP contribution in [0.5, 0.6) is 11.5 Å². The predicted molar refractivity (Wildman–Crippen MR) is 88.4 cm³/mol. The number of aliphatic carboxylic acids is 1. The third-order valence-electron chi connectivity index (χ3n) is 3.55. The highest BCUT2D eigenvalue weighted by Gasteiger charge is 2.20. The number of hydrogen-bond acceptors (Lipinski definition) is 4. The van der Waals surface area contributed by atoms with Gasteiger partial charge in [-0.05, 0) is 29.8 Å². The number of carboxylic acid groups (broad SMARTS) is 1. The van der Waals surface area contributed by atoms with Crippen LogP contribution in [-0.4, -0.2) is 31.2 Å². The van der Waals surface area contributed by atoms with Crippen LogP contribution in [0, 0.1) is 0 Å². The highest BCUT2D eigenvalue weighted by atomic mass is 16.5. The molecule has 1 amide bonds. The van der Waals surface area contributed by atoms with Crippen molar-refractivity contribution in [1.29, 1.82) is 0 Å². The van der Waals surface area contributed by atoms with Gasteiger partial charge in [0.2, 0.25) is 0 Å². The fourth-order valence-electron chi connectivity index (χ4n) is 2.33. The molecule has 0 spiro atoms. The number of nitrogens with one attached hydrogen (secondary N) is 1. The second kappa shape index (κ2) is 8.01. The quantitative estimate of drug-likeness (QED) is 0.816. The van der Waals surface area contributed by atoms with Crippen LogP contribution in [-0.2, 0) is 4.79 Å². The highest BCUT2D eigenvalue weighted by Crippen LogP contribution is 2.23. The van der Waals surface area contributed by atoms with Crippen LogP contribution in [0.2, 0.25) is 0 Å². The lowest BCUT2D eigenvalue weighted by atomic mass is 10.0. The number of carbonyl (C=O) groups is 2. The van der Waals surface area contributed by atoms with E-state index in [9.17, 15) is 9.59 Å². The van der Waals surface area contributed by atoms with Gasteiger partial charge in [0.1, 0.15) is 11.5 Å². The standard InChI is InChI=1S/C18H19NO5/c1-23-13-9-7-12(8-10-13)15(11-17(20)21)19-18(22)14-5-3-4-6-16(14)24-2/h3-10,15H,11H2,1-2H3,(H,19,22)(H,20,21). The summed E-state index contributed by atoms with van der Waals surface area (Å²) in [5.41, 5.74) is 1.03. The first-order valence-electron chi connectivity index (χ1n) is 7.34. The number of amides is 1. The van der Waals surface area contributed by atoms with Gasteiger partial charge in [0.15, 0.2) is 0 Å². The zero-order chi connectivity index (χ0) is 17.5. The number of para-hydroxylation sites is 1. The van der Waals surface area contributed by atoms with Crippen molar-refractivity contribution in [2.75, 3.05) is 14.2 Å². The van der Waals surface area contributed by atoms with Gasteiger partial charge in [0.25, 0.3) is 5.91 Å². The minimum absolute atomic E-state index is 0.229. The highest BCUT2D eigenvalue weighted by molar-refractivity contribution is 5.97. The van der Waals surface area contributed by atoms with Crippen LogP contribution in [0.3, 0.4) is 0 Å². The summed E-state index contributed by atoms with van der Waals surface area (Å²) >= 11 is 0. The fourth-order valence-corrected chi connectivity index (χ4v) is 2.33. The monoisotopic (exact) mass is 329 g/mol. The fraction of sp³-hybridized carbons (Fsp3) is 0.222. The van der Waals surface area contributed by atoms with Crippen molar-refractivity contribution in [3.63, 3.8) is 0 Å². The van der Waals surface area contributed by atoms with Crippen molar-refractivity contribution < 1.29 is 24.2 Å². The van der Waals surface area contributed by atoms with E-state index in [1.54, 1.807) is 55.6 Å². The van der Waals surface area contributed by atoms with Gasteiger partial charge in [-0.1, -0.05) is 24.3 Å². The number of carboxylic acids is 1. The molecule has 0 bridgehead atoms. The third kappa shape index (κ3) is 4.25. The van der Waals surface area contributed by atoms with E-state index in [4.69, 9.17) is 14.6 Å². The molecule has 0 aromatic heterocycles. The molecule has 126 valence electrons. The van der Waals surface area contributed by atoms with Crippen LogP contribution in [0.4, 0.5) is 0 Å². The van der Waals surface area contributed by atoms with Crippen molar-refractivity contribution in [2.24, 2.45) is 0 Å². The maximum absolute atomic E-state index is 12.5. The van der Waals surface area contributed by atoms with Crippen LogP contribution in [0.1, 0.15) is 28.4 Å². The molecule has 1 unspecified atom stereocenters. The van der Waals surface area contributed by atoms with Gasteiger partial charge in [-0.2, -0.15) is 0 Å². The summed E-state index contributed by atoms with van der Waals surface area (Å²) in [5, 5.41) is 11.9. The first-order valence-corrected chi connectivity index (χ1v) is 7.34. The summed E-state index contributed by atoms with van der Waals surface area (Å²) in [4.78, 5) is 23.7. The van der Waals surface area contributed by atoms with E-state index in [2.05, 4.69) is 5.32 Å². The topological polar surface area (TPSA) is 84.9 Å². The van der Waals surface area contributed by atoms with Crippen molar-refractivity contribution in [3.8, 4) is 11.5 Å². The predicted octanol–water partition coefficient (Wildman–Crippen LogP) is 2.65. The number of rotatable bonds is 7. The molecule has 0 aliphatic rings. The molecule has 0 aliphatic carbocycles. The molecule has 2 aromatic rings. The lowest BCUT2D eigenvalue weighted by molar-refractivity contribution is -0.137. The second-order valence-electron chi connectivity index (χ2n) is 5.10. The average Bonchev–Trinajstić information content (AvgIpc) is 2.60. The minimum Gasteiger partial charge on any atom is -0.497 e. The van der Waals surface area contributed by atoms with E-state index >= 15 is 0 Å². The summed E-state index contributed by atoms with van der Waals surface area (Å²) in [6.07, 6.45) is -0.229. The van der Waals surface area contributed by atoms with E-state index in [1.807, 2.05) is 0 Å². The summed E-state index contributed by atoms with van der Waals surface area (Å²) in [7, 11) is 3.03. The normalized spacial score (nSPS) is 11.4. The maximum Gasteiger partial charge on any atom is 0.305 e. The van der Waals surface area contributed by atoms with Gasteiger partial charge in [0.05, 0.1) is 32.2 Å². The Hall–Kier alpha value is -3.02. The smallest absolute Gasteiger partial charge is 0.305 e. The molecule has 2 aromatic carbocycles. The zero-order valence-electron chi connectivity index (χ0n) is 13.5. The van der Waals surface area contributed by atoms with E-state index in [0.29, 0.717) is 22.6 Å². The number of benzene rings is 2. The Morgan fingerprint density at radius 3 is 2.29 bits per heavy atom. The van der Waals surface area contributed by atoms with E-state index < -0.39 is 17.9 Å². The number of methoxy groups -OCH3 is 2. The second-order valence-corrected chi connectivity index (χ2v) is 5.10. The van der Waals surface area contributed by atoms with Crippen molar-refractivity contribution in [2.45, 2.75) is 12.5 Å². The van der Waals surface area contributed by atoms with Crippen molar-refractivity contribution in [1.82, 2.24) is 5.32 Å². The first-order chi connectivity index (χ1) is 11.5. The van der Waals surface area contributed by atoms with E-state index in [-0.39, 0.29) is 6.42 Å². The molecule has 0 saturated carbocycles. The van der Waals surface area contributed by atoms with Gasteiger partial charge in [-0.3, -0.25) is 9.59 Å². The van der Waals surface area contributed by atoms with Crippen LogP contribution >= 0.6 is 0 Å². The number of ether oxygens (including phenoxy) is 2. The Bertz CT molecular complexity index is 712. The number of carbonyl (C=O) groups excluding carboxylic acids is 1. The lowest BCUT2D eigenvalue weighted by Crippen LogP contribution is -2.30. The average molecular weight is 329 g/mol. The molecule has 24 heavy (non-hydrogen) atoms. The Morgan fingerprint density at radius 2 is 1.71 bits per heavy atom. The third-order valence-corrected chi connectivity index (χ3v) is 3.55. The summed E-state index contributed by atoms with van der Waals surface area (Å²) in [6, 6.07) is 13.0. The molecule has 6 heteroatoms. The van der Waals surface area contributed by atoms with Crippen molar-refractivity contribution in [3.05, 3.63) is 59.7 Å². The summed E-state index contributed by atoms with van der Waals surface area (Å²) < 4.78 is 10.3. The Kier molecular flexibility index (Phi) is 5.78. The molecular weight excluding hydrogens is 310 g/mol. The van der Waals surface area contributed by atoms with Gasteiger partial charge in [-0.15, -0.1) is 0 Å². The number of hydrogen-bond donors (Lipinski definition) is 2. The zero-order valence-corrected chi connectivity index (χ0v) is 13.5. The van der Waals surface area contributed by atoms with E-state index in [0.717, 1.165) is 0 Å².